The SMILES string of the molecule is CCC[C@H](N)c1cc(C(C)(C)C)cc(C(C)(C)C)c1O. The second-order valence-corrected chi connectivity index (χ2v) is 7.86. The third kappa shape index (κ3) is 3.76. The molecule has 20 heavy (non-hydrogen) atoms. The summed E-state index contributed by atoms with van der Waals surface area (Å²) in [4.78, 5) is 0. The second kappa shape index (κ2) is 5.77. The van der Waals surface area contributed by atoms with E-state index in [1.165, 1.54) is 5.56 Å². The fraction of sp³-hybridized carbons (Fsp3) is 0.667. The summed E-state index contributed by atoms with van der Waals surface area (Å²) >= 11 is 0. The highest BCUT2D eigenvalue weighted by Crippen LogP contribution is 2.40. The molecule has 0 aliphatic heterocycles. The third-order valence-electron chi connectivity index (χ3n) is 3.81. The van der Waals surface area contributed by atoms with Gasteiger partial charge in [-0.15, -0.1) is 0 Å². The number of rotatable bonds is 3. The highest BCUT2D eigenvalue weighted by atomic mass is 16.3. The maximum absolute atomic E-state index is 10.6. The van der Waals surface area contributed by atoms with E-state index in [0.29, 0.717) is 5.75 Å². The molecular formula is C18H31NO. The maximum atomic E-state index is 10.6. The molecule has 1 rings (SSSR count). The van der Waals surface area contributed by atoms with Crippen molar-refractivity contribution in [1.29, 1.82) is 0 Å². The van der Waals surface area contributed by atoms with Crippen LogP contribution in [0.15, 0.2) is 12.1 Å². The Morgan fingerprint density at radius 1 is 1.05 bits per heavy atom. The molecule has 3 N–H and O–H groups in total. The summed E-state index contributed by atoms with van der Waals surface area (Å²) in [6.07, 6.45) is 1.91. The molecule has 0 spiro atoms. The average Bonchev–Trinajstić information content (AvgIpc) is 2.26. The lowest BCUT2D eigenvalue weighted by molar-refractivity contribution is 0.430. The largest absolute Gasteiger partial charge is 0.507 e. The molecule has 1 aromatic carbocycles. The zero-order valence-corrected chi connectivity index (χ0v) is 14.2. The Kier molecular flexibility index (Phi) is 4.91. The van der Waals surface area contributed by atoms with Crippen LogP contribution in [0.3, 0.4) is 0 Å². The number of nitrogens with two attached hydrogens (primary N) is 1. The lowest BCUT2D eigenvalue weighted by atomic mass is 9.78. The van der Waals surface area contributed by atoms with Gasteiger partial charge >= 0.3 is 0 Å². The molecule has 2 heteroatoms. The van der Waals surface area contributed by atoms with Crippen molar-refractivity contribution in [3.63, 3.8) is 0 Å². The highest BCUT2D eigenvalue weighted by Gasteiger charge is 2.26. The van der Waals surface area contributed by atoms with E-state index in [2.05, 4.69) is 60.6 Å². The van der Waals surface area contributed by atoms with Crippen LogP contribution >= 0.6 is 0 Å². The van der Waals surface area contributed by atoms with Gasteiger partial charge in [0.25, 0.3) is 0 Å². The van der Waals surface area contributed by atoms with Crippen LogP contribution in [0.25, 0.3) is 0 Å². The van der Waals surface area contributed by atoms with E-state index >= 15 is 0 Å². The van der Waals surface area contributed by atoms with E-state index < -0.39 is 0 Å². The molecule has 1 atom stereocenters. The molecular weight excluding hydrogens is 246 g/mol. The van der Waals surface area contributed by atoms with Crippen molar-refractivity contribution in [3.8, 4) is 5.75 Å². The predicted molar refractivity (Wildman–Crippen MR) is 87.3 cm³/mol. The molecule has 2 nitrogen and oxygen atoms in total. The molecule has 0 radical (unpaired) electrons. The molecule has 0 aromatic heterocycles. The van der Waals surface area contributed by atoms with E-state index in [0.717, 1.165) is 24.0 Å². The first-order valence-electron chi connectivity index (χ1n) is 7.62. The van der Waals surface area contributed by atoms with Crippen LogP contribution < -0.4 is 5.73 Å². The number of benzene rings is 1. The number of hydrogen-bond donors (Lipinski definition) is 2. The van der Waals surface area contributed by atoms with Crippen LogP contribution in [-0.2, 0) is 10.8 Å². The minimum atomic E-state index is -0.0941. The van der Waals surface area contributed by atoms with Crippen LogP contribution in [0.5, 0.6) is 5.75 Å². The molecule has 0 unspecified atom stereocenters. The Balaban J connectivity index is 3.51. The van der Waals surface area contributed by atoms with Gasteiger partial charge in [-0.25, -0.2) is 0 Å². The Morgan fingerprint density at radius 3 is 2.00 bits per heavy atom. The van der Waals surface area contributed by atoms with Gasteiger partial charge in [0.2, 0.25) is 0 Å². The molecule has 0 saturated heterocycles. The Morgan fingerprint density at radius 2 is 1.60 bits per heavy atom. The fourth-order valence-electron chi connectivity index (χ4n) is 2.41. The summed E-state index contributed by atoms with van der Waals surface area (Å²) in [5.41, 5.74) is 9.35. The zero-order chi connectivity index (χ0) is 15.7. The maximum Gasteiger partial charge on any atom is 0.124 e. The van der Waals surface area contributed by atoms with Gasteiger partial charge in [-0.2, -0.15) is 0 Å². The molecule has 0 saturated carbocycles. The second-order valence-electron chi connectivity index (χ2n) is 7.86. The third-order valence-corrected chi connectivity index (χ3v) is 3.81. The fourth-order valence-corrected chi connectivity index (χ4v) is 2.41. The summed E-state index contributed by atoms with van der Waals surface area (Å²) in [5, 5.41) is 10.6. The molecule has 0 bridgehead atoms. The number of phenols is 1. The molecule has 114 valence electrons. The number of phenolic OH excluding ortho intramolecular Hbond substituents is 1. The van der Waals surface area contributed by atoms with E-state index in [-0.39, 0.29) is 16.9 Å². The summed E-state index contributed by atoms with van der Waals surface area (Å²) < 4.78 is 0. The first kappa shape index (κ1) is 17.0. The molecule has 0 aliphatic rings. The van der Waals surface area contributed by atoms with Gasteiger partial charge in [0.1, 0.15) is 5.75 Å². The summed E-state index contributed by atoms with van der Waals surface area (Å²) in [6, 6.07) is 4.13. The monoisotopic (exact) mass is 277 g/mol. The number of aromatic hydroxyl groups is 1. The Hall–Kier alpha value is -1.02. The van der Waals surface area contributed by atoms with Crippen LogP contribution in [-0.4, -0.2) is 5.11 Å². The lowest BCUT2D eigenvalue weighted by Crippen LogP contribution is -2.20. The van der Waals surface area contributed by atoms with Crippen LogP contribution in [0, 0.1) is 0 Å². The van der Waals surface area contributed by atoms with E-state index in [9.17, 15) is 5.11 Å². The van der Waals surface area contributed by atoms with Crippen LogP contribution in [0.4, 0.5) is 0 Å². The number of hydrogen-bond acceptors (Lipinski definition) is 2. The van der Waals surface area contributed by atoms with Crippen molar-refractivity contribution in [1.82, 2.24) is 0 Å². The highest BCUT2D eigenvalue weighted by molar-refractivity contribution is 5.49. The smallest absolute Gasteiger partial charge is 0.124 e. The van der Waals surface area contributed by atoms with E-state index in [4.69, 9.17) is 5.73 Å². The standard InChI is InChI=1S/C18H31NO/c1-8-9-15(19)13-10-12(17(2,3)4)11-14(16(13)20)18(5,6)7/h10-11,15,20H,8-9,19H2,1-7H3/t15-/m0/s1. The summed E-state index contributed by atoms with van der Waals surface area (Å²) in [7, 11) is 0. The van der Waals surface area contributed by atoms with Gasteiger partial charge in [-0.05, 0) is 34.4 Å². The lowest BCUT2D eigenvalue weighted by Gasteiger charge is -2.29. The van der Waals surface area contributed by atoms with Crippen molar-refractivity contribution in [2.45, 2.75) is 78.2 Å². The van der Waals surface area contributed by atoms with Crippen molar-refractivity contribution in [3.05, 3.63) is 28.8 Å². The molecule has 0 heterocycles. The van der Waals surface area contributed by atoms with Crippen LogP contribution in [0.1, 0.15) is 84.0 Å². The van der Waals surface area contributed by atoms with Gasteiger partial charge in [-0.1, -0.05) is 61.0 Å². The molecule has 0 fully saturated rings. The Bertz CT molecular complexity index is 464. The molecule has 0 amide bonds. The quantitative estimate of drug-likeness (QED) is 0.834. The topological polar surface area (TPSA) is 46.2 Å². The normalized spacial score (nSPS) is 14.4. The zero-order valence-electron chi connectivity index (χ0n) is 14.2. The van der Waals surface area contributed by atoms with Gasteiger partial charge in [0.05, 0.1) is 0 Å². The minimum absolute atomic E-state index is 0.0500. The molecule has 0 aliphatic carbocycles. The van der Waals surface area contributed by atoms with Crippen LogP contribution in [0.2, 0.25) is 0 Å². The Labute approximate surface area is 124 Å². The van der Waals surface area contributed by atoms with Gasteiger partial charge in [0.15, 0.2) is 0 Å². The van der Waals surface area contributed by atoms with Crippen molar-refractivity contribution in [2.75, 3.05) is 0 Å². The minimum Gasteiger partial charge on any atom is -0.507 e. The average molecular weight is 277 g/mol. The predicted octanol–water partition coefficient (Wildman–Crippen LogP) is 4.79. The summed E-state index contributed by atoms with van der Waals surface area (Å²) in [6.45, 7) is 15.1. The molecule has 1 aromatic rings. The van der Waals surface area contributed by atoms with Crippen molar-refractivity contribution >= 4 is 0 Å². The van der Waals surface area contributed by atoms with Gasteiger partial charge in [-0.3, -0.25) is 0 Å². The van der Waals surface area contributed by atoms with E-state index in [1.807, 2.05) is 0 Å². The van der Waals surface area contributed by atoms with Crippen molar-refractivity contribution in [2.24, 2.45) is 5.73 Å². The van der Waals surface area contributed by atoms with Gasteiger partial charge < -0.3 is 10.8 Å². The van der Waals surface area contributed by atoms with E-state index in [1.54, 1.807) is 0 Å². The van der Waals surface area contributed by atoms with Gasteiger partial charge in [0, 0.05) is 11.6 Å². The first-order chi connectivity index (χ1) is 8.98. The first-order valence-corrected chi connectivity index (χ1v) is 7.62. The summed E-state index contributed by atoms with van der Waals surface area (Å²) in [5.74, 6) is 0.381. The van der Waals surface area contributed by atoms with Crippen molar-refractivity contribution < 1.29 is 5.11 Å².